The molecule has 0 saturated carbocycles. The highest BCUT2D eigenvalue weighted by Gasteiger charge is 2.37. The number of unbranched alkanes of at least 4 members (excludes halogenated alkanes) is 2. The minimum Gasteiger partial charge on any atom is -0.480 e. The van der Waals surface area contributed by atoms with Gasteiger partial charge >= 0.3 is 18.2 Å². The number of nitrogens with zero attached hydrogens (tertiary/aromatic N) is 1. The summed E-state index contributed by atoms with van der Waals surface area (Å²) in [5.41, 5.74) is 0.688. The molecule has 26 heavy (non-hydrogen) atoms. The van der Waals surface area contributed by atoms with Crippen LogP contribution < -0.4 is 0 Å². The van der Waals surface area contributed by atoms with E-state index in [4.69, 9.17) is 9.47 Å². The van der Waals surface area contributed by atoms with Gasteiger partial charge in [0.15, 0.2) is 0 Å². The van der Waals surface area contributed by atoms with Gasteiger partial charge in [-0.15, -0.1) is 0 Å². The Morgan fingerprint density at radius 3 is 1.88 bits per heavy atom. The van der Waals surface area contributed by atoms with E-state index >= 15 is 0 Å². The Morgan fingerprint density at radius 1 is 0.962 bits per heavy atom. The van der Waals surface area contributed by atoms with Crippen LogP contribution >= 0.6 is 0 Å². The third kappa shape index (κ3) is 7.13. The van der Waals surface area contributed by atoms with Crippen LogP contribution in [-0.2, 0) is 20.7 Å². The first-order chi connectivity index (χ1) is 12.5. The molecular weight excluding hydrogens is 338 g/mol. The second-order valence-electron chi connectivity index (χ2n) is 5.85. The topological polar surface area (TPSA) is 93.1 Å². The Hall–Kier alpha value is -2.57. The Labute approximate surface area is 153 Å². The number of aliphatic carboxylic acids is 1. The zero-order valence-corrected chi connectivity index (χ0v) is 15.3. The summed E-state index contributed by atoms with van der Waals surface area (Å²) in [5.74, 6) is -1.30. The predicted octanol–water partition coefficient (Wildman–Crippen LogP) is 3.86. The molecule has 0 fully saturated rings. The fourth-order valence-electron chi connectivity index (χ4n) is 2.20. The highest BCUT2D eigenvalue weighted by molar-refractivity contribution is 5.93. The molecule has 7 heteroatoms. The van der Waals surface area contributed by atoms with Crippen molar-refractivity contribution in [2.45, 2.75) is 52.0 Å². The normalized spacial score (nSPS) is 11.5. The molecule has 0 saturated heterocycles. The van der Waals surface area contributed by atoms with E-state index in [1.165, 1.54) is 0 Å². The summed E-state index contributed by atoms with van der Waals surface area (Å²) in [5, 5.41) is 9.59. The number of hydrogen-bond acceptors (Lipinski definition) is 5. The van der Waals surface area contributed by atoms with Gasteiger partial charge < -0.3 is 14.6 Å². The third-order valence-electron chi connectivity index (χ3n) is 3.71. The van der Waals surface area contributed by atoms with Crippen LogP contribution in [0.1, 0.15) is 45.1 Å². The summed E-state index contributed by atoms with van der Waals surface area (Å²) in [7, 11) is 0. The number of carboxylic acids is 1. The van der Waals surface area contributed by atoms with Crippen molar-refractivity contribution in [3.8, 4) is 0 Å². The van der Waals surface area contributed by atoms with E-state index in [1.807, 2.05) is 13.8 Å². The number of carbonyl (C=O) groups excluding carboxylic acids is 2. The van der Waals surface area contributed by atoms with Gasteiger partial charge in [-0.25, -0.2) is 14.4 Å². The molecule has 0 heterocycles. The van der Waals surface area contributed by atoms with Crippen LogP contribution in [0.15, 0.2) is 30.3 Å². The first kappa shape index (κ1) is 21.5. The van der Waals surface area contributed by atoms with Crippen LogP contribution in [0, 0.1) is 0 Å². The quantitative estimate of drug-likeness (QED) is 0.633. The summed E-state index contributed by atoms with van der Waals surface area (Å²) in [6, 6.07) is 7.39. The van der Waals surface area contributed by atoms with Gasteiger partial charge in [0.05, 0.1) is 13.2 Å². The van der Waals surface area contributed by atoms with E-state index < -0.39 is 24.2 Å². The van der Waals surface area contributed by atoms with Crippen molar-refractivity contribution in [1.29, 1.82) is 0 Å². The number of ether oxygens (including phenoxy) is 2. The number of amides is 2. The molecule has 0 aliphatic rings. The fraction of sp³-hybridized carbons (Fsp3) is 0.526. The van der Waals surface area contributed by atoms with Crippen molar-refractivity contribution in [2.24, 2.45) is 0 Å². The number of rotatable bonds is 10. The summed E-state index contributed by atoms with van der Waals surface area (Å²) < 4.78 is 10.1. The summed E-state index contributed by atoms with van der Waals surface area (Å²) in [6.45, 7) is 4.09. The van der Waals surface area contributed by atoms with E-state index in [2.05, 4.69) is 0 Å². The van der Waals surface area contributed by atoms with Crippen LogP contribution in [-0.4, -0.2) is 47.4 Å². The highest BCUT2D eigenvalue weighted by Crippen LogP contribution is 2.14. The van der Waals surface area contributed by atoms with Gasteiger partial charge in [-0.1, -0.05) is 57.0 Å². The minimum absolute atomic E-state index is 0.0259. The average Bonchev–Trinajstić information content (AvgIpc) is 2.62. The molecule has 7 nitrogen and oxygen atoms in total. The van der Waals surface area contributed by atoms with Gasteiger partial charge in [0.1, 0.15) is 6.04 Å². The van der Waals surface area contributed by atoms with Gasteiger partial charge in [-0.2, -0.15) is 4.90 Å². The lowest BCUT2D eigenvalue weighted by Crippen LogP contribution is -2.50. The molecule has 1 N–H and O–H groups in total. The third-order valence-corrected chi connectivity index (χ3v) is 3.71. The molecular formula is C19H27NO6. The molecule has 1 aromatic rings. The molecule has 1 atom stereocenters. The van der Waals surface area contributed by atoms with Gasteiger partial charge in [0.25, 0.3) is 0 Å². The van der Waals surface area contributed by atoms with Crippen LogP contribution in [0.2, 0.25) is 0 Å². The van der Waals surface area contributed by atoms with Crippen molar-refractivity contribution >= 4 is 18.2 Å². The molecule has 144 valence electrons. The zero-order valence-electron chi connectivity index (χ0n) is 15.3. The van der Waals surface area contributed by atoms with Crippen LogP contribution in [0.3, 0.4) is 0 Å². The number of hydrogen-bond donors (Lipinski definition) is 1. The lowest BCUT2D eigenvalue weighted by molar-refractivity contribution is -0.142. The van der Waals surface area contributed by atoms with E-state index in [0.29, 0.717) is 23.3 Å². The van der Waals surface area contributed by atoms with E-state index in [0.717, 1.165) is 12.8 Å². The number of carboxylic acid groups (broad SMARTS) is 1. The summed E-state index contributed by atoms with van der Waals surface area (Å²) in [4.78, 5) is 37.1. The van der Waals surface area contributed by atoms with Crippen LogP contribution in [0.5, 0.6) is 0 Å². The number of carbonyl (C=O) groups is 3. The molecule has 0 aliphatic carbocycles. The molecule has 0 spiro atoms. The molecule has 1 aromatic carbocycles. The van der Waals surface area contributed by atoms with Gasteiger partial charge in [-0.3, -0.25) is 0 Å². The monoisotopic (exact) mass is 365 g/mol. The smallest absolute Gasteiger partial charge is 0.420 e. The van der Waals surface area contributed by atoms with Gasteiger partial charge in [0, 0.05) is 6.42 Å². The van der Waals surface area contributed by atoms with Crippen molar-refractivity contribution in [2.75, 3.05) is 13.2 Å². The first-order valence-electron chi connectivity index (χ1n) is 8.90. The van der Waals surface area contributed by atoms with Crippen molar-refractivity contribution < 1.29 is 29.0 Å². The van der Waals surface area contributed by atoms with Gasteiger partial charge in [0.2, 0.25) is 0 Å². The van der Waals surface area contributed by atoms with Gasteiger partial charge in [-0.05, 0) is 18.4 Å². The molecule has 0 aromatic heterocycles. The van der Waals surface area contributed by atoms with E-state index in [1.54, 1.807) is 30.3 Å². The van der Waals surface area contributed by atoms with Crippen molar-refractivity contribution in [3.05, 3.63) is 35.9 Å². The lowest BCUT2D eigenvalue weighted by atomic mass is 10.1. The van der Waals surface area contributed by atoms with Crippen molar-refractivity contribution in [3.63, 3.8) is 0 Å². The molecule has 0 radical (unpaired) electrons. The predicted molar refractivity (Wildman–Crippen MR) is 95.9 cm³/mol. The van der Waals surface area contributed by atoms with Crippen LogP contribution in [0.25, 0.3) is 0 Å². The maximum absolute atomic E-state index is 12.4. The first-order valence-corrected chi connectivity index (χ1v) is 8.90. The van der Waals surface area contributed by atoms with Crippen LogP contribution in [0.4, 0.5) is 9.59 Å². The molecule has 0 aliphatic heterocycles. The minimum atomic E-state index is -1.40. The lowest BCUT2D eigenvalue weighted by Gasteiger charge is -2.26. The Bertz CT molecular complexity index is 553. The summed E-state index contributed by atoms with van der Waals surface area (Å²) >= 11 is 0. The van der Waals surface area contributed by atoms with E-state index in [-0.39, 0.29) is 19.6 Å². The largest absolute Gasteiger partial charge is 0.480 e. The average molecular weight is 365 g/mol. The zero-order chi connectivity index (χ0) is 19.4. The SMILES string of the molecule is CCCCOC(=O)N(C(=O)OCCCC)[C@@H](Cc1ccccc1)C(=O)O. The standard InChI is InChI=1S/C19H27NO6/c1-3-5-12-25-18(23)20(19(24)26-13-6-4-2)16(17(21)22)14-15-10-8-7-9-11-15/h7-11,16H,3-6,12-14H2,1-2H3,(H,21,22)/t16-/m0/s1. The number of imide groups is 1. The second kappa shape index (κ2) is 11.9. The second-order valence-corrected chi connectivity index (χ2v) is 5.85. The highest BCUT2D eigenvalue weighted by atomic mass is 16.6. The summed E-state index contributed by atoms with van der Waals surface area (Å²) in [6.07, 6.45) is 0.844. The molecule has 0 unspecified atom stereocenters. The molecule has 2 amide bonds. The number of benzene rings is 1. The maximum Gasteiger partial charge on any atom is 0.420 e. The molecule has 1 rings (SSSR count). The van der Waals surface area contributed by atoms with E-state index in [9.17, 15) is 19.5 Å². The Morgan fingerprint density at radius 2 is 1.46 bits per heavy atom. The van der Waals surface area contributed by atoms with Crippen molar-refractivity contribution in [1.82, 2.24) is 4.90 Å². The Kier molecular flexibility index (Phi) is 9.82. The molecule has 0 bridgehead atoms. The maximum atomic E-state index is 12.4. The fourth-order valence-corrected chi connectivity index (χ4v) is 2.20. The Balaban J connectivity index is 2.97.